The number of sulfone groups is 1. The van der Waals surface area contributed by atoms with Gasteiger partial charge in [0, 0.05) is 18.2 Å². The highest BCUT2D eigenvalue weighted by molar-refractivity contribution is 7.92. The maximum Gasteiger partial charge on any atom is 0.181 e. The van der Waals surface area contributed by atoms with Crippen LogP contribution < -0.4 is 14.8 Å². The highest BCUT2D eigenvalue weighted by atomic mass is 32.2. The Bertz CT molecular complexity index is 681. The molecule has 2 aliphatic heterocycles. The fourth-order valence-corrected chi connectivity index (χ4v) is 4.78. The van der Waals surface area contributed by atoms with Crippen molar-refractivity contribution in [3.05, 3.63) is 17.7 Å². The minimum atomic E-state index is -3.28. The van der Waals surface area contributed by atoms with E-state index in [1.807, 2.05) is 6.07 Å². The maximum atomic E-state index is 12.6. The van der Waals surface area contributed by atoms with E-state index in [0.717, 1.165) is 5.56 Å². The molecule has 0 aromatic heterocycles. The Hall–Kier alpha value is -1.27. The Labute approximate surface area is 124 Å². The van der Waals surface area contributed by atoms with Crippen molar-refractivity contribution in [1.29, 1.82) is 0 Å². The van der Waals surface area contributed by atoms with Crippen molar-refractivity contribution >= 4 is 9.84 Å². The van der Waals surface area contributed by atoms with E-state index in [1.165, 1.54) is 12.8 Å². The van der Waals surface area contributed by atoms with E-state index >= 15 is 0 Å². The number of hydrogen-bond acceptors (Lipinski definition) is 5. The second kappa shape index (κ2) is 4.61. The summed E-state index contributed by atoms with van der Waals surface area (Å²) < 4.78 is 36.4. The van der Waals surface area contributed by atoms with Crippen LogP contribution in [-0.4, -0.2) is 32.9 Å². The molecule has 2 heterocycles. The minimum absolute atomic E-state index is 0.0850. The Morgan fingerprint density at radius 1 is 1.14 bits per heavy atom. The summed E-state index contributed by atoms with van der Waals surface area (Å²) in [6.45, 7) is 2.76. The summed E-state index contributed by atoms with van der Waals surface area (Å²) in [7, 11) is -3.28. The molecule has 2 unspecified atom stereocenters. The zero-order valence-corrected chi connectivity index (χ0v) is 12.8. The molecule has 4 rings (SSSR count). The molecule has 0 bridgehead atoms. The van der Waals surface area contributed by atoms with Crippen molar-refractivity contribution in [2.24, 2.45) is 0 Å². The number of hydrogen-bond donors (Lipinski definition) is 1. The average Bonchev–Trinajstić information content (AvgIpc) is 3.28. The fraction of sp³-hybridized carbons (Fsp3) is 0.600. The third kappa shape index (κ3) is 2.21. The van der Waals surface area contributed by atoms with Gasteiger partial charge in [0.2, 0.25) is 0 Å². The monoisotopic (exact) mass is 309 g/mol. The molecule has 1 aromatic carbocycles. The van der Waals surface area contributed by atoms with Gasteiger partial charge in [-0.05, 0) is 37.8 Å². The van der Waals surface area contributed by atoms with Gasteiger partial charge in [0.05, 0.1) is 10.1 Å². The normalized spacial score (nSPS) is 29.8. The van der Waals surface area contributed by atoms with Crippen LogP contribution in [-0.2, 0) is 9.84 Å². The smallest absolute Gasteiger partial charge is 0.181 e. The van der Waals surface area contributed by atoms with Crippen molar-refractivity contribution in [2.45, 2.75) is 48.4 Å². The average molecular weight is 309 g/mol. The van der Waals surface area contributed by atoms with Gasteiger partial charge in [-0.2, -0.15) is 0 Å². The van der Waals surface area contributed by atoms with Crippen LogP contribution in [0.15, 0.2) is 17.0 Å². The fourth-order valence-electron chi connectivity index (χ4n) is 3.10. The third-order valence-corrected chi connectivity index (χ3v) is 6.69. The molecular formula is C15H19NO4S. The number of fused-ring (bicyclic) bond motifs is 2. The first kappa shape index (κ1) is 13.4. The Morgan fingerprint density at radius 3 is 2.48 bits per heavy atom. The van der Waals surface area contributed by atoms with Gasteiger partial charge in [-0.25, -0.2) is 8.42 Å². The van der Waals surface area contributed by atoms with Gasteiger partial charge >= 0.3 is 0 Å². The van der Waals surface area contributed by atoms with E-state index in [4.69, 9.17) is 9.47 Å². The summed E-state index contributed by atoms with van der Waals surface area (Å²) in [4.78, 5) is 0.406. The lowest BCUT2D eigenvalue weighted by Gasteiger charge is -2.32. The van der Waals surface area contributed by atoms with Crippen LogP contribution in [0.2, 0.25) is 0 Å². The first-order chi connectivity index (χ1) is 10.1. The highest BCUT2D eigenvalue weighted by Crippen LogP contribution is 2.44. The first-order valence-electron chi connectivity index (χ1n) is 7.49. The summed E-state index contributed by atoms with van der Waals surface area (Å²) in [6, 6.07) is 4.12. The van der Waals surface area contributed by atoms with E-state index in [0.29, 0.717) is 42.1 Å². The van der Waals surface area contributed by atoms with Crippen molar-refractivity contribution in [3.63, 3.8) is 0 Å². The quantitative estimate of drug-likeness (QED) is 0.903. The van der Waals surface area contributed by atoms with E-state index in [9.17, 15) is 8.42 Å². The molecule has 1 N–H and O–H groups in total. The molecule has 5 nitrogen and oxygen atoms in total. The Balaban J connectivity index is 1.84. The zero-order chi connectivity index (χ0) is 14.6. The highest BCUT2D eigenvalue weighted by Gasteiger charge is 2.39. The van der Waals surface area contributed by atoms with Crippen LogP contribution in [0.4, 0.5) is 0 Å². The predicted octanol–water partition coefficient (Wildman–Crippen LogP) is 1.82. The van der Waals surface area contributed by atoms with Crippen LogP contribution in [0.5, 0.6) is 11.5 Å². The minimum Gasteiger partial charge on any atom is -0.486 e. The lowest BCUT2D eigenvalue weighted by Crippen LogP contribution is -2.35. The first-order valence-corrected chi connectivity index (χ1v) is 9.04. The van der Waals surface area contributed by atoms with Gasteiger partial charge in [0.15, 0.2) is 21.3 Å². The van der Waals surface area contributed by atoms with E-state index < -0.39 is 9.84 Å². The molecule has 114 valence electrons. The van der Waals surface area contributed by atoms with Gasteiger partial charge < -0.3 is 14.8 Å². The molecular weight excluding hydrogens is 290 g/mol. The Kier molecular flexibility index (Phi) is 2.94. The number of rotatable bonds is 2. The number of ether oxygens (including phenoxy) is 2. The molecule has 3 aliphatic rings. The molecule has 1 aliphatic carbocycles. The lowest BCUT2D eigenvalue weighted by atomic mass is 10.00. The summed E-state index contributed by atoms with van der Waals surface area (Å²) in [5, 5.41) is 3.19. The van der Waals surface area contributed by atoms with Crippen molar-refractivity contribution in [3.8, 4) is 11.5 Å². The summed E-state index contributed by atoms with van der Waals surface area (Å²) >= 11 is 0. The van der Waals surface area contributed by atoms with Gasteiger partial charge in [0.1, 0.15) is 13.2 Å². The van der Waals surface area contributed by atoms with Crippen LogP contribution >= 0.6 is 0 Å². The summed E-state index contributed by atoms with van der Waals surface area (Å²) in [6.07, 6.45) is 2.97. The van der Waals surface area contributed by atoms with Crippen molar-refractivity contribution < 1.29 is 17.9 Å². The van der Waals surface area contributed by atoms with Gasteiger partial charge in [0.25, 0.3) is 0 Å². The lowest BCUT2D eigenvalue weighted by molar-refractivity contribution is 0.170. The number of nitrogens with one attached hydrogen (secondary N) is 1. The van der Waals surface area contributed by atoms with Gasteiger partial charge in [-0.1, -0.05) is 0 Å². The molecule has 0 radical (unpaired) electrons. The summed E-state index contributed by atoms with van der Waals surface area (Å²) in [5.41, 5.74) is 0.837. The van der Waals surface area contributed by atoms with Crippen molar-refractivity contribution in [1.82, 2.24) is 5.32 Å². The molecule has 0 saturated heterocycles. The van der Waals surface area contributed by atoms with Crippen molar-refractivity contribution in [2.75, 3.05) is 13.2 Å². The molecule has 0 amide bonds. The van der Waals surface area contributed by atoms with Crippen LogP contribution in [0.3, 0.4) is 0 Å². The maximum absolute atomic E-state index is 12.6. The molecule has 1 fully saturated rings. The molecule has 21 heavy (non-hydrogen) atoms. The second-order valence-electron chi connectivity index (χ2n) is 6.12. The molecule has 1 saturated carbocycles. The molecule has 2 atom stereocenters. The van der Waals surface area contributed by atoms with E-state index in [-0.39, 0.29) is 11.3 Å². The van der Waals surface area contributed by atoms with E-state index in [1.54, 1.807) is 13.0 Å². The SMILES string of the molecule is CC1CC(NC2CC2)c2cc3c(cc2S1(=O)=O)OCCO3. The summed E-state index contributed by atoms with van der Waals surface area (Å²) in [5.74, 6) is 1.20. The van der Waals surface area contributed by atoms with E-state index in [2.05, 4.69) is 5.32 Å². The van der Waals surface area contributed by atoms with Gasteiger partial charge in [-0.15, -0.1) is 0 Å². The molecule has 6 heteroatoms. The second-order valence-corrected chi connectivity index (χ2v) is 8.45. The van der Waals surface area contributed by atoms with Crippen LogP contribution in [0.1, 0.15) is 37.8 Å². The molecule has 0 spiro atoms. The van der Waals surface area contributed by atoms with Crippen LogP contribution in [0.25, 0.3) is 0 Å². The predicted molar refractivity (Wildman–Crippen MR) is 77.6 cm³/mol. The topological polar surface area (TPSA) is 64.6 Å². The largest absolute Gasteiger partial charge is 0.486 e. The zero-order valence-electron chi connectivity index (χ0n) is 12.0. The molecule has 1 aromatic rings. The number of benzene rings is 1. The Morgan fingerprint density at radius 2 is 1.81 bits per heavy atom. The third-order valence-electron chi connectivity index (χ3n) is 4.47. The standard InChI is InChI=1S/C15H19NO4S/c1-9-6-12(16-10-2-3-10)11-7-13-14(20-5-4-19-13)8-15(11)21(9,17)18/h7-10,12,16H,2-6H2,1H3. The van der Waals surface area contributed by atoms with Crippen LogP contribution in [0, 0.1) is 0 Å². The van der Waals surface area contributed by atoms with Gasteiger partial charge in [-0.3, -0.25) is 0 Å².